The molecule has 0 unspecified atom stereocenters. The first-order chi connectivity index (χ1) is 29.2. The predicted octanol–water partition coefficient (Wildman–Crippen LogP) is 7.67. The first-order valence-electron chi connectivity index (χ1n) is 21.7. The number of rotatable bonds is 19. The Kier molecular flexibility index (Phi) is 15.9. The lowest BCUT2D eigenvalue weighted by atomic mass is 9.58. The van der Waals surface area contributed by atoms with Gasteiger partial charge in [-0.2, -0.15) is 0 Å². The van der Waals surface area contributed by atoms with Crippen LogP contribution in [0.5, 0.6) is 0 Å². The van der Waals surface area contributed by atoms with Crippen molar-refractivity contribution in [3.05, 3.63) is 83.7 Å². The first-order valence-corrected chi connectivity index (χ1v) is 23.3. The highest BCUT2D eigenvalue weighted by atomic mass is 31.2. The van der Waals surface area contributed by atoms with E-state index in [9.17, 15) is 18.9 Å². The van der Waals surface area contributed by atoms with Gasteiger partial charge in [-0.15, -0.1) is 0 Å². The van der Waals surface area contributed by atoms with Crippen LogP contribution in [0.3, 0.4) is 0 Å². The molecule has 336 valence electrons. The Bertz CT molecular complexity index is 1840. The zero-order valence-corrected chi connectivity index (χ0v) is 37.3. The molecule has 5 fully saturated rings. The van der Waals surface area contributed by atoms with Crippen LogP contribution < -0.4 is 16.0 Å². The van der Waals surface area contributed by atoms with Crippen molar-refractivity contribution in [1.82, 2.24) is 16.0 Å². The Hall–Kier alpha value is -3.66. The van der Waals surface area contributed by atoms with Crippen molar-refractivity contribution in [2.24, 2.45) is 29.6 Å². The third-order valence-corrected chi connectivity index (χ3v) is 14.0. The summed E-state index contributed by atoms with van der Waals surface area (Å²) in [6.45, 7) is 13.4. The van der Waals surface area contributed by atoms with E-state index in [0.29, 0.717) is 17.9 Å². The summed E-state index contributed by atoms with van der Waals surface area (Å²) in [5, 5.41) is 8.57. The minimum absolute atomic E-state index is 0.0230. The summed E-state index contributed by atoms with van der Waals surface area (Å²) >= 11 is 0. The number of hydrogen-bond donors (Lipinski definition) is 3. The molecule has 3 amide bonds. The van der Waals surface area contributed by atoms with Crippen molar-refractivity contribution in [2.75, 3.05) is 19.8 Å². The molecular weight excluding hydrogens is 805 g/mol. The van der Waals surface area contributed by atoms with Gasteiger partial charge in [-0.25, -0.2) is 14.6 Å². The molecule has 4 aliphatic heterocycles. The van der Waals surface area contributed by atoms with Gasteiger partial charge in [-0.1, -0.05) is 88.4 Å². The number of alkyl carbamates (subject to hydrolysis) is 1. The van der Waals surface area contributed by atoms with Crippen molar-refractivity contribution in [3.8, 4) is 0 Å². The van der Waals surface area contributed by atoms with E-state index in [1.165, 1.54) is 5.82 Å². The molecule has 1 aliphatic carbocycles. The summed E-state index contributed by atoms with van der Waals surface area (Å²) < 4.78 is 49.3. The molecule has 0 aromatic heterocycles. The molecule has 5 aliphatic rings. The van der Waals surface area contributed by atoms with Gasteiger partial charge in [0.2, 0.25) is 17.6 Å². The first kappa shape index (κ1) is 46.8. The van der Waals surface area contributed by atoms with Gasteiger partial charge in [0.1, 0.15) is 18.7 Å². The molecule has 2 aromatic rings. The third-order valence-electron chi connectivity index (χ3n) is 12.2. The van der Waals surface area contributed by atoms with E-state index < -0.39 is 67.6 Å². The van der Waals surface area contributed by atoms with Crippen LogP contribution in [0.25, 0.3) is 0 Å². The minimum Gasteiger partial charge on any atom is -0.445 e. The molecule has 1 saturated carbocycles. The second-order valence-electron chi connectivity index (χ2n) is 17.2. The van der Waals surface area contributed by atoms with E-state index in [1.54, 1.807) is 19.9 Å². The Morgan fingerprint density at radius 3 is 2.21 bits per heavy atom. The van der Waals surface area contributed by atoms with E-state index in [-0.39, 0.29) is 56.5 Å². The number of benzene rings is 2. The van der Waals surface area contributed by atoms with Crippen LogP contribution in [-0.2, 0) is 58.5 Å². The lowest BCUT2D eigenvalue weighted by Gasteiger charge is -2.60. The number of nitrogens with one attached hydrogen (secondary N) is 3. The average molecular weight is 870 g/mol. The largest absolute Gasteiger partial charge is 0.445 e. The van der Waals surface area contributed by atoms with E-state index in [1.807, 2.05) is 88.4 Å². The Balaban J connectivity index is 1.21. The van der Waals surface area contributed by atoms with E-state index in [0.717, 1.165) is 24.8 Å². The number of carbonyl (C=O) groups excluding carboxylic acids is 3. The molecule has 4 heterocycles. The van der Waals surface area contributed by atoms with Gasteiger partial charge in [0.15, 0.2) is 18.2 Å². The molecule has 15 nitrogen and oxygen atoms in total. The van der Waals surface area contributed by atoms with E-state index in [4.69, 9.17) is 37.8 Å². The molecule has 2 aromatic carbocycles. The van der Waals surface area contributed by atoms with Crippen molar-refractivity contribution in [1.29, 1.82) is 0 Å². The van der Waals surface area contributed by atoms with Gasteiger partial charge in [0, 0.05) is 24.1 Å². The highest BCUT2D eigenvalue weighted by molar-refractivity contribution is 7.57. The van der Waals surface area contributed by atoms with Crippen molar-refractivity contribution >= 4 is 25.5 Å². The maximum absolute atomic E-state index is 14.4. The van der Waals surface area contributed by atoms with Crippen LogP contribution >= 0.6 is 7.60 Å². The summed E-state index contributed by atoms with van der Waals surface area (Å²) in [7, 11) is -3.61. The topological polar surface area (TPSA) is 178 Å². The number of carbonyl (C=O) groups is 3. The summed E-state index contributed by atoms with van der Waals surface area (Å²) in [6.07, 6.45) is 2.76. The second-order valence-corrected chi connectivity index (χ2v) is 19.1. The monoisotopic (exact) mass is 869 g/mol. The van der Waals surface area contributed by atoms with Crippen molar-refractivity contribution < 1.29 is 56.7 Å². The Morgan fingerprint density at radius 1 is 0.869 bits per heavy atom. The fraction of sp³-hybridized carbons (Fsp3) is 0.622. The summed E-state index contributed by atoms with van der Waals surface area (Å²) in [6, 6.07) is 15.2. The van der Waals surface area contributed by atoms with Gasteiger partial charge in [-0.05, 0) is 81.4 Å². The standard InChI is InChI=1S/C45H64N3O12P/c1-8-55-61(52,56-9-2)25-23-36(33-18-14-11-15-19-33)46-39(49)37(26-29(3)4)47-40(50)38(48-43(51)54-27-32-16-12-10-13-17-32)28-53-41-31(6)35-21-20-30(5)34-22-24-44(7)58-42(57-41)45(34,35)60-59-44/h10-19,23,25,29-31,34-38,41-42H,8-9,20-22,24,26-28H2,1-7H3,(H,46,49)(H,47,50)(H,48,51)/b25-23+/t30-,31-,34+,35+,36+,37+,38+,41+,42-,44+,45-/m1/s1. The molecule has 4 saturated heterocycles. The van der Waals surface area contributed by atoms with E-state index >= 15 is 0 Å². The molecule has 1 spiro atoms. The zero-order valence-electron chi connectivity index (χ0n) is 36.4. The molecule has 3 N–H and O–H groups in total. The van der Waals surface area contributed by atoms with Crippen LogP contribution in [0.1, 0.15) is 97.7 Å². The predicted molar refractivity (Wildman–Crippen MR) is 225 cm³/mol. The highest BCUT2D eigenvalue weighted by Gasteiger charge is 2.69. The van der Waals surface area contributed by atoms with Gasteiger partial charge >= 0.3 is 13.7 Å². The normalized spacial score (nSPS) is 29.8. The molecule has 0 radical (unpaired) electrons. The molecule has 11 atom stereocenters. The smallest absolute Gasteiger partial charge is 0.408 e. The van der Waals surface area contributed by atoms with Gasteiger partial charge in [0.05, 0.1) is 25.9 Å². The minimum atomic E-state index is -3.61. The van der Waals surface area contributed by atoms with Gasteiger partial charge in [-0.3, -0.25) is 14.2 Å². The molecule has 7 rings (SSSR count). The maximum atomic E-state index is 14.4. The lowest BCUT2D eigenvalue weighted by molar-refractivity contribution is -0.577. The van der Waals surface area contributed by atoms with Crippen molar-refractivity contribution in [3.63, 3.8) is 0 Å². The lowest BCUT2D eigenvalue weighted by Crippen LogP contribution is -2.70. The van der Waals surface area contributed by atoms with Crippen LogP contribution in [0.2, 0.25) is 0 Å². The molecule has 2 bridgehead atoms. The summed E-state index contributed by atoms with van der Waals surface area (Å²) in [5.41, 5.74) is 0.658. The highest BCUT2D eigenvalue weighted by Crippen LogP contribution is 2.60. The number of ether oxygens (including phenoxy) is 4. The fourth-order valence-corrected chi connectivity index (χ4v) is 10.5. The summed E-state index contributed by atoms with van der Waals surface area (Å²) in [5.74, 6) is -0.516. The second kappa shape index (κ2) is 20.7. The number of fused-ring (bicyclic) bond motifs is 2. The number of hydrogen-bond acceptors (Lipinski definition) is 12. The maximum Gasteiger partial charge on any atom is 0.408 e. The van der Waals surface area contributed by atoms with Crippen LogP contribution in [0.15, 0.2) is 72.6 Å². The molecule has 16 heteroatoms. The van der Waals surface area contributed by atoms with Gasteiger partial charge < -0.3 is 43.9 Å². The van der Waals surface area contributed by atoms with Crippen LogP contribution in [0, 0.1) is 29.6 Å². The number of amides is 3. The van der Waals surface area contributed by atoms with Gasteiger partial charge in [0.25, 0.3) is 0 Å². The van der Waals surface area contributed by atoms with Crippen LogP contribution in [0.4, 0.5) is 4.79 Å². The zero-order chi connectivity index (χ0) is 43.8. The SMILES string of the molecule is CCOP(=O)(/C=C/[C@H](NC(=O)[C@H](CC(C)C)NC(=O)[C@H](CO[C@H]1O[C@@H]2O[C@]3(C)CC[C@H]4[C@H](C)CC[C@@H]([C@H]1C)[C@@]24OO3)NC(=O)OCc1ccccc1)c1ccccc1)OCC. The molecular formula is C45H64N3O12P. The van der Waals surface area contributed by atoms with Crippen molar-refractivity contribution in [2.45, 2.75) is 129 Å². The summed E-state index contributed by atoms with van der Waals surface area (Å²) in [4.78, 5) is 54.1. The Morgan fingerprint density at radius 2 is 1.54 bits per heavy atom. The average Bonchev–Trinajstić information content (AvgIpc) is 3.47. The molecule has 61 heavy (non-hydrogen) atoms. The van der Waals surface area contributed by atoms with E-state index in [2.05, 4.69) is 22.9 Å². The Labute approximate surface area is 359 Å². The van der Waals surface area contributed by atoms with Crippen LogP contribution in [-0.4, -0.2) is 73.8 Å². The fourth-order valence-electron chi connectivity index (χ4n) is 9.15. The quantitative estimate of drug-likeness (QED) is 0.0929. The third kappa shape index (κ3) is 11.3.